The maximum atomic E-state index is 5.97. The molecule has 68 valence electrons. The van der Waals surface area contributed by atoms with E-state index in [1.54, 1.807) is 0 Å². The first-order chi connectivity index (χ1) is 6.86. The van der Waals surface area contributed by atoms with Gasteiger partial charge in [0.15, 0.2) is 0 Å². The molecular formula is C12H9NSe. The minimum absolute atomic E-state index is 0.400. The van der Waals surface area contributed by atoms with Gasteiger partial charge in [-0.3, -0.25) is 0 Å². The Morgan fingerprint density at radius 2 is 1.64 bits per heavy atom. The zero-order chi connectivity index (χ0) is 9.54. The Kier molecular flexibility index (Phi) is 1.66. The van der Waals surface area contributed by atoms with Crippen LogP contribution in [0.15, 0.2) is 42.5 Å². The SMILES string of the molecule is Nc1cccc2c1[se]c1ccccc12. The van der Waals surface area contributed by atoms with Crippen molar-refractivity contribution >= 4 is 39.5 Å². The fourth-order valence-electron chi connectivity index (χ4n) is 1.77. The van der Waals surface area contributed by atoms with Crippen LogP contribution in [0.3, 0.4) is 0 Å². The van der Waals surface area contributed by atoms with Crippen LogP contribution >= 0.6 is 0 Å². The molecule has 0 aliphatic carbocycles. The van der Waals surface area contributed by atoms with E-state index in [1.165, 1.54) is 19.3 Å². The van der Waals surface area contributed by atoms with Crippen LogP contribution in [0.4, 0.5) is 5.69 Å². The Labute approximate surface area is 87.9 Å². The van der Waals surface area contributed by atoms with Crippen LogP contribution < -0.4 is 5.73 Å². The first-order valence-electron chi connectivity index (χ1n) is 4.52. The summed E-state index contributed by atoms with van der Waals surface area (Å²) in [6.07, 6.45) is 0. The van der Waals surface area contributed by atoms with Crippen molar-refractivity contribution in [2.75, 3.05) is 5.73 Å². The van der Waals surface area contributed by atoms with E-state index < -0.39 is 0 Å². The number of hydrogen-bond acceptors (Lipinski definition) is 1. The number of hydrogen-bond donors (Lipinski definition) is 1. The molecule has 0 aliphatic rings. The second-order valence-corrected chi connectivity index (χ2v) is 5.53. The van der Waals surface area contributed by atoms with Gasteiger partial charge in [-0.05, 0) is 0 Å². The molecule has 0 radical (unpaired) electrons. The van der Waals surface area contributed by atoms with Gasteiger partial charge in [0, 0.05) is 0 Å². The molecule has 0 atom stereocenters. The topological polar surface area (TPSA) is 26.0 Å². The molecule has 0 saturated heterocycles. The van der Waals surface area contributed by atoms with Crippen molar-refractivity contribution < 1.29 is 0 Å². The van der Waals surface area contributed by atoms with Gasteiger partial charge in [0.2, 0.25) is 0 Å². The molecule has 2 heteroatoms. The molecule has 0 bridgehead atoms. The maximum absolute atomic E-state index is 5.97. The third-order valence-corrected chi connectivity index (χ3v) is 5.03. The van der Waals surface area contributed by atoms with Crippen LogP contribution in [0.25, 0.3) is 19.3 Å². The van der Waals surface area contributed by atoms with Crippen LogP contribution in [0, 0.1) is 0 Å². The first-order valence-corrected chi connectivity index (χ1v) is 6.23. The molecule has 2 aromatic carbocycles. The predicted octanol–water partition coefficient (Wildman–Crippen LogP) is 2.63. The summed E-state index contributed by atoms with van der Waals surface area (Å²) >= 11 is 0.400. The van der Waals surface area contributed by atoms with E-state index in [2.05, 4.69) is 30.3 Å². The van der Waals surface area contributed by atoms with Crippen molar-refractivity contribution in [1.29, 1.82) is 0 Å². The first kappa shape index (κ1) is 8.10. The second kappa shape index (κ2) is 2.88. The van der Waals surface area contributed by atoms with Gasteiger partial charge in [0.1, 0.15) is 0 Å². The Morgan fingerprint density at radius 1 is 0.857 bits per heavy atom. The van der Waals surface area contributed by atoms with E-state index in [-0.39, 0.29) is 0 Å². The standard InChI is InChI=1S/C12H9NSe/c13-10-6-3-5-9-8-4-1-2-7-11(8)14-12(9)10/h1-7H,13H2. The summed E-state index contributed by atoms with van der Waals surface area (Å²) in [5.41, 5.74) is 6.91. The molecule has 0 fully saturated rings. The third kappa shape index (κ3) is 1.02. The van der Waals surface area contributed by atoms with Crippen molar-refractivity contribution in [3.63, 3.8) is 0 Å². The number of rotatable bonds is 0. The second-order valence-electron chi connectivity index (χ2n) is 3.32. The van der Waals surface area contributed by atoms with Gasteiger partial charge >= 0.3 is 87.7 Å². The number of nitrogen functional groups attached to an aromatic ring is 1. The summed E-state index contributed by atoms with van der Waals surface area (Å²) in [4.78, 5) is 0. The van der Waals surface area contributed by atoms with Crippen molar-refractivity contribution in [3.8, 4) is 0 Å². The molecule has 2 N–H and O–H groups in total. The Bertz CT molecular complexity index is 610. The molecule has 14 heavy (non-hydrogen) atoms. The fraction of sp³-hybridized carbons (Fsp3) is 0. The van der Waals surface area contributed by atoms with Crippen molar-refractivity contribution in [1.82, 2.24) is 0 Å². The normalized spacial score (nSPS) is 11.1. The van der Waals surface area contributed by atoms with Crippen LogP contribution in [0.5, 0.6) is 0 Å². The quantitative estimate of drug-likeness (QED) is 0.479. The number of anilines is 1. The zero-order valence-corrected chi connectivity index (χ0v) is 9.24. The number of benzene rings is 2. The summed E-state index contributed by atoms with van der Waals surface area (Å²) in [5.74, 6) is 0. The average Bonchev–Trinajstić information content (AvgIpc) is 2.59. The number of fused-ring (bicyclic) bond motifs is 3. The van der Waals surface area contributed by atoms with E-state index in [0.29, 0.717) is 14.5 Å². The summed E-state index contributed by atoms with van der Waals surface area (Å²) in [5, 5.41) is 2.70. The van der Waals surface area contributed by atoms with Gasteiger partial charge in [-0.25, -0.2) is 0 Å². The summed E-state index contributed by atoms with van der Waals surface area (Å²) in [6, 6.07) is 14.8. The summed E-state index contributed by atoms with van der Waals surface area (Å²) in [7, 11) is 0. The van der Waals surface area contributed by atoms with E-state index in [1.807, 2.05) is 12.1 Å². The number of nitrogens with two attached hydrogens (primary N) is 1. The average molecular weight is 246 g/mol. The van der Waals surface area contributed by atoms with Crippen molar-refractivity contribution in [3.05, 3.63) is 42.5 Å². The van der Waals surface area contributed by atoms with Gasteiger partial charge in [-0.2, -0.15) is 0 Å². The van der Waals surface area contributed by atoms with Gasteiger partial charge in [-0.15, -0.1) is 0 Å². The van der Waals surface area contributed by atoms with E-state index >= 15 is 0 Å². The van der Waals surface area contributed by atoms with E-state index in [0.717, 1.165) is 5.69 Å². The summed E-state index contributed by atoms with van der Waals surface area (Å²) in [6.45, 7) is 0. The Balaban J connectivity index is 2.63. The third-order valence-electron chi connectivity index (χ3n) is 2.43. The molecule has 0 unspecified atom stereocenters. The van der Waals surface area contributed by atoms with Crippen LogP contribution in [-0.4, -0.2) is 14.5 Å². The van der Waals surface area contributed by atoms with Crippen LogP contribution in [0.2, 0.25) is 0 Å². The van der Waals surface area contributed by atoms with Crippen LogP contribution in [0.1, 0.15) is 0 Å². The van der Waals surface area contributed by atoms with E-state index in [4.69, 9.17) is 5.73 Å². The molecule has 1 nitrogen and oxygen atoms in total. The molecule has 3 rings (SSSR count). The zero-order valence-electron chi connectivity index (χ0n) is 7.53. The molecule has 0 spiro atoms. The van der Waals surface area contributed by atoms with Crippen molar-refractivity contribution in [2.45, 2.75) is 0 Å². The van der Waals surface area contributed by atoms with Crippen LogP contribution in [-0.2, 0) is 0 Å². The van der Waals surface area contributed by atoms with Gasteiger partial charge in [-0.1, -0.05) is 0 Å². The van der Waals surface area contributed by atoms with Gasteiger partial charge in [0.25, 0.3) is 0 Å². The minimum atomic E-state index is 0.400. The van der Waals surface area contributed by atoms with Crippen molar-refractivity contribution in [2.24, 2.45) is 0 Å². The van der Waals surface area contributed by atoms with E-state index in [9.17, 15) is 0 Å². The predicted molar refractivity (Wildman–Crippen MR) is 62.8 cm³/mol. The van der Waals surface area contributed by atoms with Gasteiger partial charge in [0.05, 0.1) is 0 Å². The van der Waals surface area contributed by atoms with Gasteiger partial charge < -0.3 is 0 Å². The molecule has 1 aromatic heterocycles. The monoisotopic (exact) mass is 247 g/mol. The molecule has 1 heterocycles. The molecule has 3 aromatic rings. The molecule has 0 saturated carbocycles. The molecular weight excluding hydrogens is 237 g/mol. The molecule has 0 amide bonds. The fourth-order valence-corrected chi connectivity index (χ4v) is 4.14. The molecule has 0 aliphatic heterocycles. The summed E-state index contributed by atoms with van der Waals surface area (Å²) < 4.78 is 2.80. The Morgan fingerprint density at radius 3 is 2.57 bits per heavy atom. The Hall–Kier alpha value is -1.24.